The summed E-state index contributed by atoms with van der Waals surface area (Å²) >= 11 is 0. The molecule has 0 radical (unpaired) electrons. The van der Waals surface area contributed by atoms with Crippen molar-refractivity contribution in [3.8, 4) is 0 Å². The van der Waals surface area contributed by atoms with Crippen molar-refractivity contribution in [1.82, 2.24) is 0 Å². The average Bonchev–Trinajstić information content (AvgIpc) is 1.94. The molecule has 0 spiro atoms. The topological polar surface area (TPSA) is 43.1 Å². The second-order valence-electron chi connectivity index (χ2n) is 4.27. The van der Waals surface area contributed by atoms with Gasteiger partial charge in [-0.1, -0.05) is 13.8 Å². The Bertz CT molecular complexity index is 163. The van der Waals surface area contributed by atoms with Crippen molar-refractivity contribution >= 4 is 5.78 Å². The molecule has 1 atom stereocenters. The predicted octanol–water partition coefficient (Wildman–Crippen LogP) is 1.34. The minimum absolute atomic E-state index is 0.138. The van der Waals surface area contributed by atoms with Gasteiger partial charge in [0.05, 0.1) is 0 Å². The summed E-state index contributed by atoms with van der Waals surface area (Å²) < 4.78 is 0. The SMILES string of the molecule is CC1(C)CCC(=O)C(CN)C1. The fourth-order valence-electron chi connectivity index (χ4n) is 1.76. The van der Waals surface area contributed by atoms with Gasteiger partial charge in [0.1, 0.15) is 5.78 Å². The van der Waals surface area contributed by atoms with Crippen LogP contribution in [0.2, 0.25) is 0 Å². The highest BCUT2D eigenvalue weighted by atomic mass is 16.1. The predicted molar refractivity (Wildman–Crippen MR) is 45.2 cm³/mol. The van der Waals surface area contributed by atoms with Crippen LogP contribution in [0.4, 0.5) is 0 Å². The molecule has 11 heavy (non-hydrogen) atoms. The molecule has 64 valence electrons. The van der Waals surface area contributed by atoms with Crippen molar-refractivity contribution < 1.29 is 4.79 Å². The number of rotatable bonds is 1. The lowest BCUT2D eigenvalue weighted by atomic mass is 9.72. The molecule has 0 aliphatic heterocycles. The number of Topliss-reactive ketones (excluding diaryl/α,β-unsaturated/α-hetero) is 1. The Labute approximate surface area is 68.2 Å². The van der Waals surface area contributed by atoms with Crippen LogP contribution in [0.1, 0.15) is 33.1 Å². The lowest BCUT2D eigenvalue weighted by molar-refractivity contribution is -0.126. The van der Waals surface area contributed by atoms with E-state index in [1.165, 1.54) is 0 Å². The first-order chi connectivity index (χ1) is 5.05. The van der Waals surface area contributed by atoms with Gasteiger partial charge in [-0.3, -0.25) is 4.79 Å². The van der Waals surface area contributed by atoms with E-state index in [-0.39, 0.29) is 5.92 Å². The molecule has 1 unspecified atom stereocenters. The second-order valence-corrected chi connectivity index (χ2v) is 4.27. The van der Waals surface area contributed by atoms with Crippen molar-refractivity contribution in [2.75, 3.05) is 6.54 Å². The summed E-state index contributed by atoms with van der Waals surface area (Å²) in [4.78, 5) is 11.2. The summed E-state index contributed by atoms with van der Waals surface area (Å²) in [6, 6.07) is 0. The Morgan fingerprint density at radius 3 is 2.73 bits per heavy atom. The van der Waals surface area contributed by atoms with E-state index < -0.39 is 0 Å². The van der Waals surface area contributed by atoms with E-state index in [0.717, 1.165) is 19.3 Å². The van der Waals surface area contributed by atoms with Crippen molar-refractivity contribution in [1.29, 1.82) is 0 Å². The molecule has 0 aromatic rings. The highest BCUT2D eigenvalue weighted by Gasteiger charge is 2.32. The summed E-state index contributed by atoms with van der Waals surface area (Å²) in [5.74, 6) is 0.505. The fraction of sp³-hybridized carbons (Fsp3) is 0.889. The molecule has 0 amide bonds. The first-order valence-electron chi connectivity index (χ1n) is 4.28. The van der Waals surface area contributed by atoms with E-state index in [2.05, 4.69) is 13.8 Å². The number of hydrogen-bond donors (Lipinski definition) is 1. The molecular formula is C9H17NO. The van der Waals surface area contributed by atoms with Gasteiger partial charge in [0.2, 0.25) is 0 Å². The lowest BCUT2D eigenvalue weighted by Crippen LogP contribution is -2.34. The molecule has 0 aromatic heterocycles. The molecule has 0 aromatic carbocycles. The zero-order chi connectivity index (χ0) is 8.48. The second kappa shape index (κ2) is 2.94. The van der Waals surface area contributed by atoms with Gasteiger partial charge in [0, 0.05) is 18.9 Å². The van der Waals surface area contributed by atoms with Crippen LogP contribution in [0.25, 0.3) is 0 Å². The highest BCUT2D eigenvalue weighted by molar-refractivity contribution is 5.82. The van der Waals surface area contributed by atoms with Gasteiger partial charge in [-0.2, -0.15) is 0 Å². The van der Waals surface area contributed by atoms with Gasteiger partial charge in [-0.15, -0.1) is 0 Å². The maximum Gasteiger partial charge on any atom is 0.137 e. The number of nitrogens with two attached hydrogens (primary N) is 1. The summed E-state index contributed by atoms with van der Waals surface area (Å²) in [5.41, 5.74) is 5.83. The van der Waals surface area contributed by atoms with E-state index in [1.807, 2.05) is 0 Å². The first kappa shape index (κ1) is 8.72. The van der Waals surface area contributed by atoms with Crippen molar-refractivity contribution in [2.24, 2.45) is 17.1 Å². The zero-order valence-corrected chi connectivity index (χ0v) is 7.39. The summed E-state index contributed by atoms with van der Waals surface area (Å²) in [6.45, 7) is 4.95. The smallest absolute Gasteiger partial charge is 0.137 e. The van der Waals surface area contributed by atoms with E-state index >= 15 is 0 Å². The first-order valence-corrected chi connectivity index (χ1v) is 4.28. The molecule has 1 fully saturated rings. The summed E-state index contributed by atoms with van der Waals surface area (Å²) in [7, 11) is 0. The van der Waals surface area contributed by atoms with Gasteiger partial charge in [-0.25, -0.2) is 0 Å². The third kappa shape index (κ3) is 2.03. The Kier molecular flexibility index (Phi) is 2.33. The lowest BCUT2D eigenvalue weighted by Gasteiger charge is -2.33. The minimum atomic E-state index is 0.138. The van der Waals surface area contributed by atoms with E-state index in [4.69, 9.17) is 5.73 Å². The monoisotopic (exact) mass is 155 g/mol. The van der Waals surface area contributed by atoms with Gasteiger partial charge in [-0.05, 0) is 18.3 Å². The third-order valence-corrected chi connectivity index (χ3v) is 2.59. The molecule has 2 N–H and O–H groups in total. The molecule has 1 saturated carbocycles. The molecule has 0 saturated heterocycles. The number of carbonyl (C=O) groups excluding carboxylic acids is 1. The molecule has 0 heterocycles. The maximum absolute atomic E-state index is 11.2. The number of ketones is 1. The summed E-state index contributed by atoms with van der Waals surface area (Å²) in [5, 5.41) is 0. The Hall–Kier alpha value is -0.370. The van der Waals surface area contributed by atoms with Crippen LogP contribution in [-0.4, -0.2) is 12.3 Å². The average molecular weight is 155 g/mol. The molecule has 1 aliphatic carbocycles. The molecule has 1 aliphatic rings. The summed E-state index contributed by atoms with van der Waals surface area (Å²) in [6.07, 6.45) is 2.74. The van der Waals surface area contributed by atoms with Crippen LogP contribution < -0.4 is 5.73 Å². The van der Waals surface area contributed by atoms with Crippen LogP contribution in [0, 0.1) is 11.3 Å². The van der Waals surface area contributed by atoms with Crippen LogP contribution in [0.5, 0.6) is 0 Å². The quantitative estimate of drug-likeness (QED) is 0.621. The Morgan fingerprint density at radius 1 is 1.64 bits per heavy atom. The van der Waals surface area contributed by atoms with Gasteiger partial charge < -0.3 is 5.73 Å². The van der Waals surface area contributed by atoms with Crippen LogP contribution >= 0.6 is 0 Å². The van der Waals surface area contributed by atoms with Crippen molar-refractivity contribution in [2.45, 2.75) is 33.1 Å². The zero-order valence-electron chi connectivity index (χ0n) is 7.39. The number of carbonyl (C=O) groups is 1. The minimum Gasteiger partial charge on any atom is -0.330 e. The van der Waals surface area contributed by atoms with Crippen molar-refractivity contribution in [3.63, 3.8) is 0 Å². The van der Waals surface area contributed by atoms with E-state index in [1.54, 1.807) is 0 Å². The Balaban J connectivity index is 2.58. The normalized spacial score (nSPS) is 30.5. The number of hydrogen-bond acceptors (Lipinski definition) is 2. The molecule has 2 nitrogen and oxygen atoms in total. The van der Waals surface area contributed by atoms with Gasteiger partial charge in [0.25, 0.3) is 0 Å². The highest BCUT2D eigenvalue weighted by Crippen LogP contribution is 2.36. The van der Waals surface area contributed by atoms with E-state index in [0.29, 0.717) is 17.7 Å². The molecule has 2 heteroatoms. The van der Waals surface area contributed by atoms with Gasteiger partial charge in [0.15, 0.2) is 0 Å². The maximum atomic E-state index is 11.2. The largest absolute Gasteiger partial charge is 0.330 e. The van der Waals surface area contributed by atoms with Crippen molar-refractivity contribution in [3.05, 3.63) is 0 Å². The molecule has 0 bridgehead atoms. The molecule has 1 rings (SSSR count). The standard InChI is InChI=1S/C9H17NO/c1-9(2)4-3-8(11)7(5-9)6-10/h7H,3-6,10H2,1-2H3. The van der Waals surface area contributed by atoms with Crippen LogP contribution in [0.3, 0.4) is 0 Å². The van der Waals surface area contributed by atoms with Crippen LogP contribution in [-0.2, 0) is 4.79 Å². The molecular weight excluding hydrogens is 138 g/mol. The fourth-order valence-corrected chi connectivity index (χ4v) is 1.76. The Morgan fingerprint density at radius 2 is 2.27 bits per heavy atom. The third-order valence-electron chi connectivity index (χ3n) is 2.59. The van der Waals surface area contributed by atoms with E-state index in [9.17, 15) is 4.79 Å². The van der Waals surface area contributed by atoms with Crippen LogP contribution in [0.15, 0.2) is 0 Å². The van der Waals surface area contributed by atoms with Gasteiger partial charge >= 0.3 is 0 Å².